The molecular weight excluding hydrogens is 423 g/mol. The van der Waals surface area contributed by atoms with Gasteiger partial charge in [0, 0.05) is 22.5 Å². The number of hydrogen-bond acceptors (Lipinski definition) is 4. The highest BCUT2D eigenvalue weighted by Gasteiger charge is 2.28. The number of anilines is 1. The number of ether oxygens (including phenoxy) is 1. The second-order valence-electron chi connectivity index (χ2n) is 6.54. The molecule has 0 atom stereocenters. The van der Waals surface area contributed by atoms with E-state index in [1.165, 1.54) is 25.3 Å². The second kappa shape index (κ2) is 8.69. The number of carbonyl (C=O) groups excluding carboxylic acids is 1. The minimum atomic E-state index is -3.63. The lowest BCUT2D eigenvalue weighted by Crippen LogP contribution is -2.26. The molecule has 0 spiro atoms. The van der Waals surface area contributed by atoms with Crippen LogP contribution in [0.1, 0.15) is 24.8 Å². The van der Waals surface area contributed by atoms with Crippen molar-refractivity contribution in [3.63, 3.8) is 0 Å². The lowest BCUT2D eigenvalue weighted by molar-refractivity contribution is -0.116. The summed E-state index contributed by atoms with van der Waals surface area (Å²) in [6.07, 6.45) is 2.27. The maximum absolute atomic E-state index is 12.4. The number of rotatable bonds is 8. The van der Waals surface area contributed by atoms with Crippen LogP contribution in [0.2, 0.25) is 10.0 Å². The van der Waals surface area contributed by atoms with Gasteiger partial charge in [-0.2, -0.15) is 0 Å². The Hall–Kier alpha value is -1.80. The summed E-state index contributed by atoms with van der Waals surface area (Å²) in [5.41, 5.74) is 1.10. The number of sulfonamides is 1. The summed E-state index contributed by atoms with van der Waals surface area (Å²) in [5, 5.41) is 3.74. The van der Waals surface area contributed by atoms with Crippen molar-refractivity contribution in [2.45, 2.75) is 36.6 Å². The standard InChI is InChI=1S/C19H20Cl2N2O4S/c1-27-18-8-7-15(28(25,26)23-14-5-6-14)11-17(18)22-19(24)9-3-12-2-4-13(20)10-16(12)21/h2,4,7-8,10-11,14,23H,3,5-6,9H2,1H3,(H,22,24). The fraction of sp³-hybridized carbons (Fsp3) is 0.316. The zero-order valence-corrected chi connectivity index (χ0v) is 17.5. The van der Waals surface area contributed by atoms with Crippen molar-refractivity contribution in [2.24, 2.45) is 0 Å². The highest BCUT2D eigenvalue weighted by atomic mass is 35.5. The normalized spacial score (nSPS) is 14.0. The molecule has 0 heterocycles. The van der Waals surface area contributed by atoms with Crippen molar-refractivity contribution in [1.29, 1.82) is 0 Å². The monoisotopic (exact) mass is 442 g/mol. The molecule has 0 saturated heterocycles. The fourth-order valence-corrected chi connectivity index (χ4v) is 4.46. The predicted octanol–water partition coefficient (Wildman–Crippen LogP) is 4.01. The van der Waals surface area contributed by atoms with Crippen LogP contribution >= 0.6 is 23.2 Å². The van der Waals surface area contributed by atoms with Crippen LogP contribution < -0.4 is 14.8 Å². The van der Waals surface area contributed by atoms with Crippen molar-refractivity contribution in [3.05, 3.63) is 52.0 Å². The average Bonchev–Trinajstić information content (AvgIpc) is 3.44. The molecule has 0 unspecified atom stereocenters. The summed E-state index contributed by atoms with van der Waals surface area (Å²) in [4.78, 5) is 12.5. The Balaban J connectivity index is 1.71. The summed E-state index contributed by atoms with van der Waals surface area (Å²) in [7, 11) is -2.18. The molecule has 1 amide bonds. The van der Waals surface area contributed by atoms with Gasteiger partial charge in [-0.25, -0.2) is 13.1 Å². The second-order valence-corrected chi connectivity index (χ2v) is 9.10. The molecule has 28 heavy (non-hydrogen) atoms. The zero-order chi connectivity index (χ0) is 20.3. The molecule has 1 fully saturated rings. The van der Waals surface area contributed by atoms with Crippen LogP contribution in [0.15, 0.2) is 41.3 Å². The first-order chi connectivity index (χ1) is 13.3. The van der Waals surface area contributed by atoms with E-state index in [4.69, 9.17) is 27.9 Å². The Kier molecular flexibility index (Phi) is 6.50. The number of amides is 1. The van der Waals surface area contributed by atoms with Crippen molar-refractivity contribution in [1.82, 2.24) is 4.72 Å². The number of halogens is 2. The first kappa shape index (κ1) is 20.9. The minimum Gasteiger partial charge on any atom is -0.495 e. The van der Waals surface area contributed by atoms with E-state index < -0.39 is 10.0 Å². The van der Waals surface area contributed by atoms with Crippen LogP contribution in [0.3, 0.4) is 0 Å². The van der Waals surface area contributed by atoms with Crippen molar-refractivity contribution < 1.29 is 17.9 Å². The van der Waals surface area contributed by atoms with Gasteiger partial charge in [-0.1, -0.05) is 29.3 Å². The molecule has 0 bridgehead atoms. The van der Waals surface area contributed by atoms with Gasteiger partial charge in [0.25, 0.3) is 0 Å². The van der Waals surface area contributed by atoms with Crippen LogP contribution in [0, 0.1) is 0 Å². The van der Waals surface area contributed by atoms with E-state index in [0.717, 1.165) is 18.4 Å². The fourth-order valence-electron chi connectivity index (χ4n) is 2.63. The largest absolute Gasteiger partial charge is 0.495 e. The van der Waals surface area contributed by atoms with Crippen LogP contribution in [0.25, 0.3) is 0 Å². The summed E-state index contributed by atoms with van der Waals surface area (Å²) in [6.45, 7) is 0. The smallest absolute Gasteiger partial charge is 0.240 e. The topological polar surface area (TPSA) is 84.5 Å². The summed E-state index contributed by atoms with van der Waals surface area (Å²) >= 11 is 12.0. The molecule has 1 aliphatic rings. The quantitative estimate of drug-likeness (QED) is 0.646. The van der Waals surface area contributed by atoms with E-state index in [9.17, 15) is 13.2 Å². The van der Waals surface area contributed by atoms with Crippen molar-refractivity contribution in [3.8, 4) is 5.75 Å². The molecule has 2 N–H and O–H groups in total. The maximum atomic E-state index is 12.4. The van der Waals surface area contributed by atoms with E-state index in [1.807, 2.05) is 0 Å². The van der Waals surface area contributed by atoms with E-state index in [-0.39, 0.29) is 23.3 Å². The van der Waals surface area contributed by atoms with Gasteiger partial charge < -0.3 is 10.1 Å². The Morgan fingerprint density at radius 1 is 1.18 bits per heavy atom. The predicted molar refractivity (Wildman–Crippen MR) is 110 cm³/mol. The number of methoxy groups -OCH3 is 1. The molecular formula is C19H20Cl2N2O4S. The van der Waals surface area contributed by atoms with Crippen LogP contribution in [0.5, 0.6) is 5.75 Å². The lowest BCUT2D eigenvalue weighted by atomic mass is 10.1. The maximum Gasteiger partial charge on any atom is 0.240 e. The Bertz CT molecular complexity index is 991. The van der Waals surface area contributed by atoms with E-state index in [2.05, 4.69) is 10.0 Å². The highest BCUT2D eigenvalue weighted by Crippen LogP contribution is 2.29. The molecule has 6 nitrogen and oxygen atoms in total. The van der Waals surface area contributed by atoms with Gasteiger partial charge in [-0.15, -0.1) is 0 Å². The summed E-state index contributed by atoms with van der Waals surface area (Å²) < 4.78 is 32.7. The van der Waals surface area contributed by atoms with Crippen molar-refractivity contribution in [2.75, 3.05) is 12.4 Å². The first-order valence-corrected chi connectivity index (χ1v) is 11.0. The Morgan fingerprint density at radius 3 is 2.57 bits per heavy atom. The van der Waals surface area contributed by atoms with E-state index >= 15 is 0 Å². The first-order valence-electron chi connectivity index (χ1n) is 8.72. The number of benzene rings is 2. The molecule has 0 radical (unpaired) electrons. The molecule has 3 rings (SSSR count). The molecule has 2 aromatic carbocycles. The van der Waals surface area contributed by atoms with E-state index in [1.54, 1.807) is 18.2 Å². The van der Waals surface area contributed by atoms with Crippen LogP contribution in [-0.4, -0.2) is 27.5 Å². The highest BCUT2D eigenvalue weighted by molar-refractivity contribution is 7.89. The Labute approximate surface area is 174 Å². The van der Waals surface area contributed by atoms with Gasteiger partial charge in [-0.3, -0.25) is 4.79 Å². The van der Waals surface area contributed by atoms with E-state index in [0.29, 0.717) is 27.9 Å². The number of hydrogen-bond donors (Lipinski definition) is 2. The van der Waals surface area contributed by atoms with Gasteiger partial charge in [-0.05, 0) is 55.2 Å². The SMILES string of the molecule is COc1ccc(S(=O)(=O)NC2CC2)cc1NC(=O)CCc1ccc(Cl)cc1Cl. The molecule has 2 aromatic rings. The number of aryl methyl sites for hydroxylation is 1. The molecule has 9 heteroatoms. The van der Waals surface area contributed by atoms with Gasteiger partial charge >= 0.3 is 0 Å². The third-order valence-corrected chi connectivity index (χ3v) is 6.40. The third-order valence-electron chi connectivity index (χ3n) is 4.29. The zero-order valence-electron chi connectivity index (χ0n) is 15.2. The average molecular weight is 443 g/mol. The number of nitrogens with one attached hydrogen (secondary N) is 2. The Morgan fingerprint density at radius 2 is 1.93 bits per heavy atom. The van der Waals surface area contributed by atoms with Gasteiger partial charge in [0.05, 0.1) is 17.7 Å². The van der Waals surface area contributed by atoms with Gasteiger partial charge in [0.15, 0.2) is 0 Å². The summed E-state index contributed by atoms with van der Waals surface area (Å²) in [6, 6.07) is 9.48. The van der Waals surface area contributed by atoms with Gasteiger partial charge in [0.2, 0.25) is 15.9 Å². The van der Waals surface area contributed by atoms with Crippen molar-refractivity contribution >= 4 is 44.8 Å². The van der Waals surface area contributed by atoms with Crippen LogP contribution in [0.4, 0.5) is 5.69 Å². The number of carbonyl (C=O) groups is 1. The molecule has 0 aromatic heterocycles. The molecule has 1 saturated carbocycles. The third kappa shape index (κ3) is 5.38. The molecule has 1 aliphatic carbocycles. The molecule has 0 aliphatic heterocycles. The molecule has 150 valence electrons. The van der Waals surface area contributed by atoms with Crippen LogP contribution in [-0.2, 0) is 21.2 Å². The summed E-state index contributed by atoms with van der Waals surface area (Å²) in [5.74, 6) is 0.0947. The van der Waals surface area contributed by atoms with Gasteiger partial charge in [0.1, 0.15) is 5.75 Å². The lowest BCUT2D eigenvalue weighted by Gasteiger charge is -2.13. The minimum absolute atomic E-state index is 0.00531.